The fourth-order valence-corrected chi connectivity index (χ4v) is 4.68. The number of alkyl halides is 3. The molecule has 2 aliphatic heterocycles. The molecule has 2 heterocycles. The van der Waals surface area contributed by atoms with Gasteiger partial charge >= 0.3 is 5.51 Å². The zero-order chi connectivity index (χ0) is 23.1. The van der Waals surface area contributed by atoms with Crippen LogP contribution in [-0.4, -0.2) is 50.7 Å². The Bertz CT molecular complexity index is 1080. The Morgan fingerprint density at radius 3 is 2.47 bits per heavy atom. The Balaban J connectivity index is 1.57. The predicted octanol–water partition coefficient (Wildman–Crippen LogP) is 4.17. The number of carbonyl (C=O) groups excluding carboxylic acids is 1. The van der Waals surface area contributed by atoms with Gasteiger partial charge in [0.25, 0.3) is 0 Å². The standard InChI is InChI=1S/C23H23F3N2O3S/c1-22(2)20(13-17-12-18(8-9-19(17)31-22)32(30)23(24,25)26)28-11-10-27(15-21(28)29)14-16-6-4-3-5-7-16/h3-9,12-13H,10-11,14-15H2,1-2H3. The van der Waals surface area contributed by atoms with E-state index in [9.17, 15) is 22.2 Å². The summed E-state index contributed by atoms with van der Waals surface area (Å²) in [6, 6.07) is 13.6. The molecule has 5 nitrogen and oxygen atoms in total. The molecule has 0 radical (unpaired) electrons. The molecule has 4 rings (SSSR count). The lowest BCUT2D eigenvalue weighted by molar-refractivity contribution is -0.135. The van der Waals surface area contributed by atoms with Gasteiger partial charge in [-0.2, -0.15) is 13.2 Å². The highest BCUT2D eigenvalue weighted by molar-refractivity contribution is 7.86. The van der Waals surface area contributed by atoms with E-state index in [-0.39, 0.29) is 17.3 Å². The quantitative estimate of drug-likeness (QED) is 0.682. The molecule has 2 aliphatic rings. The number of rotatable bonds is 4. The van der Waals surface area contributed by atoms with E-state index in [0.29, 0.717) is 36.6 Å². The second-order valence-electron chi connectivity index (χ2n) is 8.30. The van der Waals surface area contributed by atoms with Crippen molar-refractivity contribution in [3.63, 3.8) is 0 Å². The third-order valence-corrected chi connectivity index (χ3v) is 6.62. The summed E-state index contributed by atoms with van der Waals surface area (Å²) in [5.41, 5.74) is -3.64. The van der Waals surface area contributed by atoms with Gasteiger partial charge in [0.15, 0.2) is 10.8 Å². The molecule has 1 fully saturated rings. The SMILES string of the molecule is CC1(C)Oc2ccc(S(=O)C(F)(F)F)cc2C=C1N1CCN(Cc2ccccc2)CC1=O. The molecule has 1 saturated heterocycles. The number of ether oxygens (including phenoxy) is 1. The van der Waals surface area contributed by atoms with Crippen LogP contribution in [0.5, 0.6) is 5.75 Å². The van der Waals surface area contributed by atoms with Crippen LogP contribution in [0, 0.1) is 0 Å². The van der Waals surface area contributed by atoms with E-state index >= 15 is 0 Å². The summed E-state index contributed by atoms with van der Waals surface area (Å²) in [6.07, 6.45) is 1.67. The van der Waals surface area contributed by atoms with E-state index < -0.39 is 21.9 Å². The minimum absolute atomic E-state index is 0.103. The molecule has 0 N–H and O–H groups in total. The number of hydrogen-bond acceptors (Lipinski definition) is 4. The smallest absolute Gasteiger partial charge is 0.475 e. The summed E-state index contributed by atoms with van der Waals surface area (Å²) in [7, 11) is -3.14. The van der Waals surface area contributed by atoms with Crippen molar-refractivity contribution in [2.75, 3.05) is 19.6 Å². The second kappa shape index (κ2) is 8.37. The lowest BCUT2D eigenvalue weighted by atomic mass is 9.96. The molecule has 1 amide bonds. The van der Waals surface area contributed by atoms with E-state index in [1.807, 2.05) is 44.2 Å². The minimum Gasteiger partial charge on any atom is -0.481 e. The van der Waals surface area contributed by atoms with Crippen LogP contribution in [0.4, 0.5) is 13.2 Å². The predicted molar refractivity (Wildman–Crippen MR) is 115 cm³/mol. The molecule has 0 bridgehead atoms. The van der Waals surface area contributed by atoms with Crippen LogP contribution < -0.4 is 4.74 Å². The Morgan fingerprint density at radius 1 is 1.09 bits per heavy atom. The van der Waals surface area contributed by atoms with Crippen LogP contribution in [-0.2, 0) is 22.1 Å². The number of halogens is 3. The van der Waals surface area contributed by atoms with Crippen LogP contribution >= 0.6 is 0 Å². The monoisotopic (exact) mass is 464 g/mol. The Labute approximate surface area is 186 Å². The third kappa shape index (κ3) is 4.59. The first-order valence-corrected chi connectivity index (χ1v) is 11.3. The van der Waals surface area contributed by atoms with E-state index in [1.165, 1.54) is 12.1 Å². The third-order valence-electron chi connectivity index (χ3n) is 5.52. The van der Waals surface area contributed by atoms with Crippen LogP contribution in [0.2, 0.25) is 0 Å². The summed E-state index contributed by atoms with van der Waals surface area (Å²) in [6.45, 7) is 5.61. The molecule has 2 aromatic rings. The van der Waals surface area contributed by atoms with Gasteiger partial charge in [-0.1, -0.05) is 30.3 Å². The number of hydrogen-bond donors (Lipinski definition) is 0. The van der Waals surface area contributed by atoms with E-state index in [1.54, 1.807) is 11.0 Å². The van der Waals surface area contributed by atoms with Gasteiger partial charge in [0, 0.05) is 30.1 Å². The maximum absolute atomic E-state index is 13.0. The number of carbonyl (C=O) groups is 1. The van der Waals surface area contributed by atoms with Crippen molar-refractivity contribution in [2.24, 2.45) is 0 Å². The second-order valence-corrected chi connectivity index (χ2v) is 9.77. The molecule has 2 aromatic carbocycles. The molecule has 1 atom stereocenters. The Kier molecular flexibility index (Phi) is 5.89. The number of nitrogens with zero attached hydrogens (tertiary/aromatic N) is 2. The molecule has 0 aromatic heterocycles. The van der Waals surface area contributed by atoms with Crippen LogP contribution in [0.1, 0.15) is 25.0 Å². The van der Waals surface area contributed by atoms with Crippen LogP contribution in [0.3, 0.4) is 0 Å². The first-order valence-electron chi connectivity index (χ1n) is 10.1. The Hall–Kier alpha value is -2.65. The zero-order valence-corrected chi connectivity index (χ0v) is 18.5. The van der Waals surface area contributed by atoms with Gasteiger partial charge in [-0.25, -0.2) is 4.21 Å². The van der Waals surface area contributed by atoms with Crippen molar-refractivity contribution in [2.45, 2.75) is 36.4 Å². The average Bonchev–Trinajstić information content (AvgIpc) is 2.72. The summed E-state index contributed by atoms with van der Waals surface area (Å²) in [5.74, 6) is 0.283. The van der Waals surface area contributed by atoms with Crippen molar-refractivity contribution in [1.82, 2.24) is 9.80 Å². The van der Waals surface area contributed by atoms with Gasteiger partial charge in [0.05, 0.1) is 12.2 Å². The van der Waals surface area contributed by atoms with E-state index in [2.05, 4.69) is 4.90 Å². The Morgan fingerprint density at radius 2 is 1.81 bits per heavy atom. The zero-order valence-electron chi connectivity index (χ0n) is 17.7. The van der Waals surface area contributed by atoms with Gasteiger partial charge in [-0.05, 0) is 43.7 Å². The summed E-state index contributed by atoms with van der Waals surface area (Å²) in [5, 5.41) is 0. The highest BCUT2D eigenvalue weighted by atomic mass is 32.2. The number of fused-ring (bicyclic) bond motifs is 1. The molecular formula is C23H23F3N2O3S. The molecule has 0 spiro atoms. The highest BCUT2D eigenvalue weighted by Crippen LogP contribution is 2.39. The molecule has 9 heteroatoms. The lowest BCUT2D eigenvalue weighted by Crippen LogP contribution is -2.53. The van der Waals surface area contributed by atoms with Gasteiger partial charge in [-0.3, -0.25) is 9.69 Å². The molecule has 1 unspecified atom stereocenters. The molecule has 170 valence electrons. The topological polar surface area (TPSA) is 49.9 Å². The maximum atomic E-state index is 13.0. The minimum atomic E-state index is -4.85. The molecule has 0 aliphatic carbocycles. The van der Waals surface area contributed by atoms with E-state index in [4.69, 9.17) is 4.74 Å². The van der Waals surface area contributed by atoms with Crippen LogP contribution in [0.25, 0.3) is 6.08 Å². The average molecular weight is 465 g/mol. The molecule has 0 saturated carbocycles. The summed E-state index contributed by atoms with van der Waals surface area (Å²) < 4.78 is 56.5. The highest BCUT2D eigenvalue weighted by Gasteiger charge is 2.40. The van der Waals surface area contributed by atoms with Gasteiger partial charge in [0.2, 0.25) is 5.91 Å². The fraction of sp³-hybridized carbons (Fsp3) is 0.348. The van der Waals surface area contributed by atoms with Gasteiger partial charge in [-0.15, -0.1) is 0 Å². The summed E-state index contributed by atoms with van der Waals surface area (Å²) in [4.78, 5) is 16.3. The maximum Gasteiger partial charge on any atom is 0.475 e. The van der Waals surface area contributed by atoms with Crippen LogP contribution in [0.15, 0.2) is 59.1 Å². The number of piperazine rings is 1. The van der Waals surface area contributed by atoms with Crippen molar-refractivity contribution in [1.29, 1.82) is 0 Å². The molecule has 32 heavy (non-hydrogen) atoms. The number of benzene rings is 2. The van der Waals surface area contributed by atoms with Crippen molar-refractivity contribution in [3.05, 3.63) is 65.4 Å². The van der Waals surface area contributed by atoms with E-state index in [0.717, 1.165) is 11.6 Å². The first-order chi connectivity index (χ1) is 15.0. The van der Waals surface area contributed by atoms with Gasteiger partial charge < -0.3 is 9.64 Å². The fourth-order valence-electron chi connectivity index (χ4n) is 3.99. The van der Waals surface area contributed by atoms with Gasteiger partial charge in [0.1, 0.15) is 11.4 Å². The lowest BCUT2D eigenvalue weighted by Gasteiger charge is -2.42. The number of amides is 1. The summed E-state index contributed by atoms with van der Waals surface area (Å²) >= 11 is 0. The molecular weight excluding hydrogens is 441 g/mol. The first kappa shape index (κ1) is 22.5. The largest absolute Gasteiger partial charge is 0.481 e. The van der Waals surface area contributed by atoms with Crippen molar-refractivity contribution < 1.29 is 26.9 Å². The van der Waals surface area contributed by atoms with Crippen molar-refractivity contribution >= 4 is 22.8 Å². The normalized spacial score (nSPS) is 19.7. The van der Waals surface area contributed by atoms with Crippen molar-refractivity contribution in [3.8, 4) is 5.75 Å².